The molecule has 5 nitrogen and oxygen atoms in total. The largest absolute Gasteiger partial charge is 0.454 e. The van der Waals surface area contributed by atoms with E-state index in [2.05, 4.69) is 22.3 Å². The van der Waals surface area contributed by atoms with Gasteiger partial charge in [0.05, 0.1) is 5.02 Å². The first kappa shape index (κ1) is 16.1. The predicted molar refractivity (Wildman–Crippen MR) is 96.6 cm³/mol. The minimum atomic E-state index is -0.184. The summed E-state index contributed by atoms with van der Waals surface area (Å²) in [4.78, 5) is 14.9. The van der Waals surface area contributed by atoms with Crippen molar-refractivity contribution >= 4 is 23.2 Å². The molecule has 0 radical (unpaired) electrons. The van der Waals surface area contributed by atoms with E-state index in [1.165, 1.54) is 18.5 Å². The van der Waals surface area contributed by atoms with Crippen LogP contribution >= 0.6 is 11.6 Å². The van der Waals surface area contributed by atoms with E-state index in [-0.39, 0.29) is 12.7 Å². The highest BCUT2D eigenvalue weighted by Crippen LogP contribution is 2.39. The Hall–Kier alpha value is -2.40. The third-order valence-corrected chi connectivity index (χ3v) is 4.85. The maximum absolute atomic E-state index is 12.5. The van der Waals surface area contributed by atoms with Crippen molar-refractivity contribution in [3.63, 3.8) is 0 Å². The molecule has 2 aliphatic rings. The van der Waals surface area contributed by atoms with E-state index in [1.54, 1.807) is 12.1 Å². The molecule has 0 bridgehead atoms. The van der Waals surface area contributed by atoms with E-state index in [1.807, 2.05) is 12.1 Å². The van der Waals surface area contributed by atoms with Gasteiger partial charge in [-0.25, -0.2) is 0 Å². The van der Waals surface area contributed by atoms with Gasteiger partial charge < -0.3 is 19.7 Å². The molecule has 4 rings (SSSR count). The highest BCUT2D eigenvalue weighted by atomic mass is 35.5. The van der Waals surface area contributed by atoms with E-state index in [9.17, 15) is 4.79 Å². The summed E-state index contributed by atoms with van der Waals surface area (Å²) in [6.45, 7) is 2.74. The second-order valence-corrected chi connectivity index (χ2v) is 6.60. The zero-order valence-electron chi connectivity index (χ0n) is 13.8. The number of ether oxygens (including phenoxy) is 2. The Morgan fingerprint density at radius 3 is 2.80 bits per heavy atom. The molecule has 1 saturated heterocycles. The van der Waals surface area contributed by atoms with Crippen LogP contribution in [-0.4, -0.2) is 25.8 Å². The van der Waals surface area contributed by atoms with Crippen LogP contribution in [0, 0.1) is 0 Å². The van der Waals surface area contributed by atoms with Crippen LogP contribution in [0.3, 0.4) is 0 Å². The highest BCUT2D eigenvalue weighted by Gasteiger charge is 2.21. The molecule has 1 fully saturated rings. The number of carbonyl (C=O) groups excluding carboxylic acids is 1. The van der Waals surface area contributed by atoms with E-state index in [4.69, 9.17) is 21.1 Å². The summed E-state index contributed by atoms with van der Waals surface area (Å²) in [6.07, 6.45) is 2.44. The van der Waals surface area contributed by atoms with Crippen LogP contribution in [0.2, 0.25) is 5.02 Å². The van der Waals surface area contributed by atoms with Gasteiger partial charge in [0.1, 0.15) is 0 Å². The zero-order chi connectivity index (χ0) is 17.2. The van der Waals surface area contributed by atoms with Gasteiger partial charge in [0.15, 0.2) is 11.5 Å². The average Bonchev–Trinajstić information content (AvgIpc) is 3.31. The van der Waals surface area contributed by atoms with E-state index in [0.29, 0.717) is 28.6 Å². The second-order valence-electron chi connectivity index (χ2n) is 6.20. The van der Waals surface area contributed by atoms with Crippen LogP contribution < -0.4 is 19.7 Å². The van der Waals surface area contributed by atoms with Crippen molar-refractivity contribution < 1.29 is 14.3 Å². The Morgan fingerprint density at radius 1 is 1.16 bits per heavy atom. The summed E-state index contributed by atoms with van der Waals surface area (Å²) >= 11 is 6.16. The third-order valence-electron chi connectivity index (χ3n) is 4.57. The van der Waals surface area contributed by atoms with Gasteiger partial charge in [-0.3, -0.25) is 4.79 Å². The van der Waals surface area contributed by atoms with Gasteiger partial charge in [-0.15, -0.1) is 0 Å². The second kappa shape index (κ2) is 6.84. The van der Waals surface area contributed by atoms with Crippen LogP contribution in [-0.2, 0) is 6.54 Å². The Bertz CT molecular complexity index is 803. The first-order valence-electron chi connectivity index (χ1n) is 8.42. The number of nitrogens with zero attached hydrogens (tertiary/aromatic N) is 1. The number of rotatable bonds is 4. The predicted octanol–water partition coefficient (Wildman–Crippen LogP) is 3.60. The van der Waals surface area contributed by atoms with Gasteiger partial charge >= 0.3 is 0 Å². The normalized spacial score (nSPS) is 15.5. The zero-order valence-corrected chi connectivity index (χ0v) is 14.5. The van der Waals surface area contributed by atoms with Gasteiger partial charge in [-0.05, 0) is 36.6 Å². The molecule has 1 N–H and O–H groups in total. The van der Waals surface area contributed by atoms with Crippen molar-refractivity contribution in [1.82, 2.24) is 5.32 Å². The topological polar surface area (TPSA) is 50.8 Å². The quantitative estimate of drug-likeness (QED) is 0.907. The third kappa shape index (κ3) is 3.24. The Balaban J connectivity index is 1.49. The van der Waals surface area contributed by atoms with Gasteiger partial charge in [0, 0.05) is 30.9 Å². The Morgan fingerprint density at radius 2 is 1.96 bits per heavy atom. The molecule has 0 unspecified atom stereocenters. The van der Waals surface area contributed by atoms with Gasteiger partial charge in [-0.1, -0.05) is 29.8 Å². The van der Waals surface area contributed by atoms with Crippen molar-refractivity contribution in [2.75, 3.05) is 24.8 Å². The Labute approximate surface area is 151 Å². The molecular formula is C19H19ClN2O3. The summed E-state index contributed by atoms with van der Waals surface area (Å²) in [6, 6.07) is 11.5. The molecule has 6 heteroatoms. The molecule has 2 aromatic rings. The number of carbonyl (C=O) groups is 1. The molecule has 1 amide bonds. The van der Waals surface area contributed by atoms with Crippen molar-refractivity contribution in [2.24, 2.45) is 0 Å². The van der Waals surface area contributed by atoms with E-state index >= 15 is 0 Å². The minimum Gasteiger partial charge on any atom is -0.454 e. The minimum absolute atomic E-state index is 0.128. The molecule has 130 valence electrons. The summed E-state index contributed by atoms with van der Waals surface area (Å²) in [7, 11) is 0. The number of halogens is 1. The number of fused-ring (bicyclic) bond motifs is 1. The lowest BCUT2D eigenvalue weighted by Crippen LogP contribution is -2.25. The maximum Gasteiger partial charge on any atom is 0.251 e. The SMILES string of the molecule is O=C(NCc1ccccc1N1CCCC1)c1cc(Cl)c2c(c1)OCO2. The number of hydrogen-bond donors (Lipinski definition) is 1. The van der Waals surface area contributed by atoms with Crippen molar-refractivity contribution in [3.05, 3.63) is 52.5 Å². The first-order chi connectivity index (χ1) is 12.2. The molecule has 0 aliphatic carbocycles. The lowest BCUT2D eigenvalue weighted by atomic mass is 10.1. The number of anilines is 1. The molecule has 25 heavy (non-hydrogen) atoms. The van der Waals surface area contributed by atoms with Crippen LogP contribution in [0.15, 0.2) is 36.4 Å². The van der Waals surface area contributed by atoms with E-state index < -0.39 is 0 Å². The van der Waals surface area contributed by atoms with Crippen molar-refractivity contribution in [2.45, 2.75) is 19.4 Å². The fourth-order valence-electron chi connectivity index (χ4n) is 3.30. The van der Waals surface area contributed by atoms with Crippen LogP contribution in [0.1, 0.15) is 28.8 Å². The summed E-state index contributed by atoms with van der Waals surface area (Å²) in [5.41, 5.74) is 2.78. The monoisotopic (exact) mass is 358 g/mol. The van der Waals surface area contributed by atoms with E-state index in [0.717, 1.165) is 18.7 Å². The fraction of sp³-hybridized carbons (Fsp3) is 0.316. The summed E-state index contributed by atoms with van der Waals surface area (Å²) in [5.74, 6) is 0.823. The fourth-order valence-corrected chi connectivity index (χ4v) is 3.57. The van der Waals surface area contributed by atoms with Gasteiger partial charge in [-0.2, -0.15) is 0 Å². The number of hydrogen-bond acceptors (Lipinski definition) is 4. The molecule has 0 aromatic heterocycles. The van der Waals surface area contributed by atoms with Crippen molar-refractivity contribution in [3.8, 4) is 11.5 Å². The summed E-state index contributed by atoms with van der Waals surface area (Å²) < 4.78 is 10.6. The number of nitrogens with one attached hydrogen (secondary N) is 1. The molecule has 2 aliphatic heterocycles. The first-order valence-corrected chi connectivity index (χ1v) is 8.80. The van der Waals surface area contributed by atoms with Crippen LogP contribution in [0.4, 0.5) is 5.69 Å². The lowest BCUT2D eigenvalue weighted by Gasteiger charge is -2.21. The lowest BCUT2D eigenvalue weighted by molar-refractivity contribution is 0.0950. The summed E-state index contributed by atoms with van der Waals surface area (Å²) in [5, 5.41) is 3.36. The van der Waals surface area contributed by atoms with Gasteiger partial charge in [0.2, 0.25) is 6.79 Å². The van der Waals surface area contributed by atoms with Crippen LogP contribution in [0.25, 0.3) is 0 Å². The molecular weight excluding hydrogens is 340 g/mol. The van der Waals surface area contributed by atoms with Gasteiger partial charge in [0.25, 0.3) is 5.91 Å². The highest BCUT2D eigenvalue weighted by molar-refractivity contribution is 6.32. The number of para-hydroxylation sites is 1. The molecule has 2 heterocycles. The Kier molecular flexibility index (Phi) is 4.40. The average molecular weight is 359 g/mol. The molecule has 0 saturated carbocycles. The van der Waals surface area contributed by atoms with Crippen molar-refractivity contribution in [1.29, 1.82) is 0 Å². The smallest absolute Gasteiger partial charge is 0.251 e. The standard InChI is InChI=1S/C19H19ClN2O3/c20-15-9-14(10-17-18(15)25-12-24-17)19(23)21-11-13-5-1-2-6-16(13)22-7-3-4-8-22/h1-2,5-6,9-10H,3-4,7-8,11-12H2,(H,21,23). The molecule has 0 spiro atoms. The molecule has 0 atom stereocenters. The number of benzene rings is 2. The van der Waals surface area contributed by atoms with Crippen LogP contribution in [0.5, 0.6) is 11.5 Å². The maximum atomic E-state index is 12.5. The molecule has 2 aromatic carbocycles. The number of amides is 1.